The standard InChI is InChI=1S/C20H28N4O3.HI/c1-21-20(22-12-4-6-15-24-14-5-3-7-19(24)25)23-13-16-27-18-10-8-17(26-2)9-11-18;/h3,5,7-11,14H,4,6,12-13,15-16H2,1-2H3,(H2,21,22,23);1H. The van der Waals surface area contributed by atoms with E-state index in [0.717, 1.165) is 43.4 Å². The molecule has 0 aliphatic carbocycles. The van der Waals surface area contributed by atoms with Gasteiger partial charge in [0.25, 0.3) is 0 Å². The molecule has 7 nitrogen and oxygen atoms in total. The number of unbranched alkanes of at least 4 members (excludes halogenated alkanes) is 1. The number of nitrogens with one attached hydrogen (secondary N) is 2. The molecular weight excluding hydrogens is 471 g/mol. The van der Waals surface area contributed by atoms with Gasteiger partial charge in [0.15, 0.2) is 5.96 Å². The molecule has 1 aromatic carbocycles. The summed E-state index contributed by atoms with van der Waals surface area (Å²) in [5.74, 6) is 2.35. The van der Waals surface area contributed by atoms with Crippen molar-refractivity contribution < 1.29 is 9.47 Å². The van der Waals surface area contributed by atoms with Crippen LogP contribution in [0.25, 0.3) is 0 Å². The maximum atomic E-state index is 11.6. The topological polar surface area (TPSA) is 76.9 Å². The summed E-state index contributed by atoms with van der Waals surface area (Å²) >= 11 is 0. The third kappa shape index (κ3) is 8.64. The molecule has 0 radical (unpaired) electrons. The summed E-state index contributed by atoms with van der Waals surface area (Å²) in [6, 6.07) is 12.7. The predicted octanol–water partition coefficient (Wildman–Crippen LogP) is 2.50. The predicted molar refractivity (Wildman–Crippen MR) is 123 cm³/mol. The van der Waals surface area contributed by atoms with Crippen LogP contribution in [0.1, 0.15) is 12.8 Å². The Balaban J connectivity index is 0.00000392. The van der Waals surface area contributed by atoms with E-state index in [0.29, 0.717) is 13.2 Å². The van der Waals surface area contributed by atoms with Gasteiger partial charge < -0.3 is 24.7 Å². The van der Waals surface area contributed by atoms with E-state index in [4.69, 9.17) is 9.47 Å². The Hall–Kier alpha value is -2.23. The molecule has 0 bridgehead atoms. The Morgan fingerprint density at radius 3 is 2.43 bits per heavy atom. The van der Waals surface area contributed by atoms with Gasteiger partial charge in [0.2, 0.25) is 5.56 Å². The molecule has 0 amide bonds. The van der Waals surface area contributed by atoms with E-state index in [2.05, 4.69) is 15.6 Å². The summed E-state index contributed by atoms with van der Waals surface area (Å²) in [5.41, 5.74) is 0.0415. The summed E-state index contributed by atoms with van der Waals surface area (Å²) in [6.45, 7) is 2.69. The number of aromatic nitrogens is 1. The maximum Gasteiger partial charge on any atom is 0.250 e. The summed E-state index contributed by atoms with van der Waals surface area (Å²) < 4.78 is 12.5. The summed E-state index contributed by atoms with van der Waals surface area (Å²) in [7, 11) is 3.38. The number of pyridine rings is 1. The molecule has 2 aromatic rings. The summed E-state index contributed by atoms with van der Waals surface area (Å²) in [6.07, 6.45) is 3.69. The van der Waals surface area contributed by atoms with E-state index in [1.165, 1.54) is 0 Å². The van der Waals surface area contributed by atoms with Gasteiger partial charge in [0, 0.05) is 32.4 Å². The molecule has 0 atom stereocenters. The van der Waals surface area contributed by atoms with Crippen molar-refractivity contribution in [2.75, 3.05) is 33.9 Å². The van der Waals surface area contributed by atoms with Gasteiger partial charge in [-0.05, 0) is 43.2 Å². The number of hydrogen-bond donors (Lipinski definition) is 2. The highest BCUT2D eigenvalue weighted by atomic mass is 127. The van der Waals surface area contributed by atoms with Gasteiger partial charge in [-0.2, -0.15) is 0 Å². The zero-order valence-electron chi connectivity index (χ0n) is 16.4. The van der Waals surface area contributed by atoms with Crippen molar-refractivity contribution in [1.29, 1.82) is 0 Å². The van der Waals surface area contributed by atoms with Gasteiger partial charge in [-0.25, -0.2) is 0 Å². The van der Waals surface area contributed by atoms with Crippen LogP contribution in [-0.2, 0) is 6.54 Å². The molecule has 154 valence electrons. The smallest absolute Gasteiger partial charge is 0.250 e. The second-order valence-corrected chi connectivity index (χ2v) is 5.89. The molecule has 0 saturated carbocycles. The van der Waals surface area contributed by atoms with E-state index < -0.39 is 0 Å². The van der Waals surface area contributed by atoms with Crippen LogP contribution in [0, 0.1) is 0 Å². The zero-order valence-corrected chi connectivity index (χ0v) is 18.7. The first kappa shape index (κ1) is 23.8. The fourth-order valence-corrected chi connectivity index (χ4v) is 2.49. The van der Waals surface area contributed by atoms with Gasteiger partial charge in [-0.1, -0.05) is 6.07 Å². The highest BCUT2D eigenvalue weighted by Crippen LogP contribution is 2.16. The lowest BCUT2D eigenvalue weighted by Crippen LogP contribution is -2.39. The number of benzene rings is 1. The first-order chi connectivity index (χ1) is 13.2. The molecule has 1 heterocycles. The van der Waals surface area contributed by atoms with Crippen LogP contribution in [0.2, 0.25) is 0 Å². The lowest BCUT2D eigenvalue weighted by molar-refractivity contribution is 0.321. The van der Waals surface area contributed by atoms with Crippen LogP contribution in [-0.4, -0.2) is 44.4 Å². The van der Waals surface area contributed by atoms with Crippen LogP contribution in [0.5, 0.6) is 11.5 Å². The number of halogens is 1. The van der Waals surface area contributed by atoms with E-state index in [9.17, 15) is 4.79 Å². The van der Waals surface area contributed by atoms with Gasteiger partial charge >= 0.3 is 0 Å². The fraction of sp³-hybridized carbons (Fsp3) is 0.400. The average Bonchev–Trinajstić information content (AvgIpc) is 2.71. The minimum absolute atomic E-state index is 0. The van der Waals surface area contributed by atoms with Crippen molar-refractivity contribution in [3.05, 3.63) is 59.0 Å². The lowest BCUT2D eigenvalue weighted by atomic mass is 10.3. The Morgan fingerprint density at radius 2 is 1.75 bits per heavy atom. The lowest BCUT2D eigenvalue weighted by Gasteiger charge is -2.13. The van der Waals surface area contributed by atoms with Gasteiger partial charge in [-0.15, -0.1) is 24.0 Å². The molecule has 8 heteroatoms. The molecule has 0 fully saturated rings. The SMILES string of the molecule is CN=C(NCCCCn1ccccc1=O)NCCOc1ccc(OC)cc1.I. The monoisotopic (exact) mass is 500 g/mol. The van der Waals surface area contributed by atoms with Crippen molar-refractivity contribution in [2.45, 2.75) is 19.4 Å². The zero-order chi connectivity index (χ0) is 19.3. The number of nitrogens with zero attached hydrogens (tertiary/aromatic N) is 2. The third-order valence-corrected chi connectivity index (χ3v) is 3.96. The highest BCUT2D eigenvalue weighted by Gasteiger charge is 1.99. The molecular formula is C20H29IN4O3. The summed E-state index contributed by atoms with van der Waals surface area (Å²) in [4.78, 5) is 15.8. The van der Waals surface area contributed by atoms with Crippen molar-refractivity contribution >= 4 is 29.9 Å². The largest absolute Gasteiger partial charge is 0.497 e. The molecule has 0 spiro atoms. The molecule has 2 rings (SSSR count). The average molecular weight is 500 g/mol. The quantitative estimate of drug-likeness (QED) is 0.227. The number of rotatable bonds is 10. The van der Waals surface area contributed by atoms with Crippen LogP contribution >= 0.6 is 24.0 Å². The Morgan fingerprint density at radius 1 is 1.04 bits per heavy atom. The van der Waals surface area contributed by atoms with Crippen LogP contribution < -0.4 is 25.7 Å². The number of guanidine groups is 1. The molecule has 0 saturated heterocycles. The summed E-state index contributed by atoms with van der Waals surface area (Å²) in [5, 5.41) is 6.48. The van der Waals surface area contributed by atoms with Crippen molar-refractivity contribution in [2.24, 2.45) is 4.99 Å². The Labute approximate surface area is 183 Å². The highest BCUT2D eigenvalue weighted by molar-refractivity contribution is 14.0. The van der Waals surface area contributed by atoms with E-state index in [1.807, 2.05) is 36.5 Å². The third-order valence-electron chi connectivity index (χ3n) is 3.96. The van der Waals surface area contributed by atoms with E-state index in [1.54, 1.807) is 30.9 Å². The second-order valence-electron chi connectivity index (χ2n) is 5.89. The Kier molecular flexibility index (Phi) is 11.8. The van der Waals surface area contributed by atoms with Gasteiger partial charge in [0.05, 0.1) is 13.7 Å². The minimum atomic E-state index is 0. The second kappa shape index (κ2) is 13.9. The molecule has 0 aliphatic rings. The number of methoxy groups -OCH3 is 1. The number of ether oxygens (including phenoxy) is 2. The normalized spacial score (nSPS) is 10.7. The van der Waals surface area contributed by atoms with Gasteiger partial charge in [-0.3, -0.25) is 9.79 Å². The number of hydrogen-bond acceptors (Lipinski definition) is 4. The number of aryl methyl sites for hydroxylation is 1. The first-order valence-corrected chi connectivity index (χ1v) is 9.10. The minimum Gasteiger partial charge on any atom is -0.497 e. The van der Waals surface area contributed by atoms with E-state index in [-0.39, 0.29) is 29.5 Å². The van der Waals surface area contributed by atoms with Crippen LogP contribution in [0.3, 0.4) is 0 Å². The van der Waals surface area contributed by atoms with Gasteiger partial charge in [0.1, 0.15) is 18.1 Å². The number of aliphatic imine (C=N–C) groups is 1. The molecule has 2 N–H and O–H groups in total. The maximum absolute atomic E-state index is 11.6. The van der Waals surface area contributed by atoms with E-state index >= 15 is 0 Å². The molecule has 0 unspecified atom stereocenters. The van der Waals surface area contributed by atoms with Crippen molar-refractivity contribution in [3.63, 3.8) is 0 Å². The molecule has 28 heavy (non-hydrogen) atoms. The van der Waals surface area contributed by atoms with Crippen LogP contribution in [0.15, 0.2) is 58.4 Å². The first-order valence-electron chi connectivity index (χ1n) is 9.10. The molecule has 0 aliphatic heterocycles. The van der Waals surface area contributed by atoms with Crippen LogP contribution in [0.4, 0.5) is 0 Å². The van der Waals surface area contributed by atoms with Crippen molar-refractivity contribution in [3.8, 4) is 11.5 Å². The Bertz CT molecular complexity index is 763. The van der Waals surface area contributed by atoms with Crippen molar-refractivity contribution in [1.82, 2.24) is 15.2 Å². The fourth-order valence-electron chi connectivity index (χ4n) is 2.49. The molecule has 1 aromatic heterocycles.